The van der Waals surface area contributed by atoms with Crippen molar-refractivity contribution >= 4 is 33.2 Å². The van der Waals surface area contributed by atoms with Crippen LogP contribution in [-0.2, 0) is 6.42 Å². The number of amides is 1. The molecule has 1 aromatic heterocycles. The van der Waals surface area contributed by atoms with Gasteiger partial charge < -0.3 is 4.90 Å². The molecule has 1 aliphatic heterocycles. The molecule has 2 rings (SSSR count). The lowest BCUT2D eigenvalue weighted by atomic mass is 10.1. The molecule has 0 radical (unpaired) electrons. The number of likely N-dealkylation sites (tertiary alicyclic amines) is 1. The molecule has 1 aliphatic rings. The summed E-state index contributed by atoms with van der Waals surface area (Å²) in [5.74, 6) is 0.812. The molecule has 4 heteroatoms. The van der Waals surface area contributed by atoms with Crippen molar-refractivity contribution in [3.63, 3.8) is 0 Å². The molecule has 0 aromatic carbocycles. The standard InChI is InChI=1S/C13H18BrNOS/c1-3-10-4-5-12(17-10)13(16)15-7-6-9(2)11(15)8-14/h4-5,9,11H,3,6-8H2,1-2H3. The number of rotatable bonds is 3. The SMILES string of the molecule is CCc1ccc(C(=O)N2CCC(C)C2CBr)s1. The number of halogens is 1. The Hall–Kier alpha value is -0.350. The third-order valence-electron chi connectivity index (χ3n) is 3.52. The molecule has 0 bridgehead atoms. The summed E-state index contributed by atoms with van der Waals surface area (Å²) in [6, 6.07) is 4.40. The molecular formula is C13H18BrNOS. The highest BCUT2D eigenvalue weighted by Crippen LogP contribution is 2.28. The maximum absolute atomic E-state index is 12.4. The van der Waals surface area contributed by atoms with Crippen LogP contribution in [0, 0.1) is 5.92 Å². The summed E-state index contributed by atoms with van der Waals surface area (Å²) in [6.45, 7) is 5.25. The van der Waals surface area contributed by atoms with E-state index in [9.17, 15) is 4.79 Å². The topological polar surface area (TPSA) is 20.3 Å². The summed E-state index contributed by atoms with van der Waals surface area (Å²) in [6.07, 6.45) is 2.13. The van der Waals surface area contributed by atoms with E-state index >= 15 is 0 Å². The third kappa shape index (κ3) is 2.58. The lowest BCUT2D eigenvalue weighted by Gasteiger charge is -2.24. The lowest BCUT2D eigenvalue weighted by Crippen LogP contribution is -2.38. The van der Waals surface area contributed by atoms with Crippen LogP contribution in [0.5, 0.6) is 0 Å². The minimum atomic E-state index is 0.212. The molecule has 0 aliphatic carbocycles. The van der Waals surface area contributed by atoms with Gasteiger partial charge in [-0.3, -0.25) is 4.79 Å². The van der Waals surface area contributed by atoms with Crippen molar-refractivity contribution in [1.82, 2.24) is 4.90 Å². The Kier molecular flexibility index (Phi) is 4.26. The highest BCUT2D eigenvalue weighted by molar-refractivity contribution is 9.09. The summed E-state index contributed by atoms with van der Waals surface area (Å²) in [7, 11) is 0. The molecule has 2 unspecified atom stereocenters. The second-order valence-electron chi connectivity index (χ2n) is 4.61. The highest BCUT2D eigenvalue weighted by Gasteiger charge is 2.34. The largest absolute Gasteiger partial charge is 0.334 e. The van der Waals surface area contributed by atoms with Crippen molar-refractivity contribution in [1.29, 1.82) is 0 Å². The molecule has 1 fully saturated rings. The molecule has 1 aromatic rings. The zero-order valence-corrected chi connectivity index (χ0v) is 12.7. The van der Waals surface area contributed by atoms with Crippen LogP contribution < -0.4 is 0 Å². The van der Waals surface area contributed by atoms with Gasteiger partial charge in [0.05, 0.1) is 4.88 Å². The first-order valence-corrected chi connectivity index (χ1v) is 8.06. The van der Waals surface area contributed by atoms with Crippen molar-refractivity contribution in [3.05, 3.63) is 21.9 Å². The van der Waals surface area contributed by atoms with Gasteiger partial charge in [-0.05, 0) is 30.9 Å². The summed E-state index contributed by atoms with van der Waals surface area (Å²) in [5, 5.41) is 0.881. The minimum Gasteiger partial charge on any atom is -0.334 e. The molecule has 0 spiro atoms. The zero-order chi connectivity index (χ0) is 12.4. The molecule has 2 nitrogen and oxygen atoms in total. The molecule has 17 heavy (non-hydrogen) atoms. The Morgan fingerprint density at radius 2 is 2.35 bits per heavy atom. The van der Waals surface area contributed by atoms with Crippen molar-refractivity contribution in [3.8, 4) is 0 Å². The number of hydrogen-bond acceptors (Lipinski definition) is 2. The fraction of sp³-hybridized carbons (Fsp3) is 0.615. The van der Waals surface area contributed by atoms with Crippen LogP contribution >= 0.6 is 27.3 Å². The van der Waals surface area contributed by atoms with Crippen LogP contribution in [-0.4, -0.2) is 28.7 Å². The molecule has 0 saturated carbocycles. The maximum Gasteiger partial charge on any atom is 0.264 e. The highest BCUT2D eigenvalue weighted by atomic mass is 79.9. The molecule has 94 valence electrons. The monoisotopic (exact) mass is 315 g/mol. The number of hydrogen-bond donors (Lipinski definition) is 0. The molecule has 2 atom stereocenters. The Morgan fingerprint density at radius 1 is 1.59 bits per heavy atom. The van der Waals surface area contributed by atoms with Crippen LogP contribution in [0.15, 0.2) is 12.1 Å². The van der Waals surface area contributed by atoms with Gasteiger partial charge in [0, 0.05) is 22.8 Å². The van der Waals surface area contributed by atoms with Crippen LogP contribution in [0.3, 0.4) is 0 Å². The van der Waals surface area contributed by atoms with Gasteiger partial charge in [0.15, 0.2) is 0 Å². The van der Waals surface area contributed by atoms with Gasteiger partial charge in [-0.25, -0.2) is 0 Å². The smallest absolute Gasteiger partial charge is 0.264 e. The summed E-state index contributed by atoms with van der Waals surface area (Å²) >= 11 is 5.16. The number of carbonyl (C=O) groups is 1. The number of alkyl halides is 1. The molecule has 1 saturated heterocycles. The Bertz CT molecular complexity index is 404. The van der Waals surface area contributed by atoms with Gasteiger partial charge >= 0.3 is 0 Å². The summed E-state index contributed by atoms with van der Waals surface area (Å²) in [5.41, 5.74) is 0. The van der Waals surface area contributed by atoms with E-state index in [2.05, 4.69) is 35.8 Å². The van der Waals surface area contributed by atoms with E-state index < -0.39 is 0 Å². The first-order valence-electron chi connectivity index (χ1n) is 6.13. The van der Waals surface area contributed by atoms with Crippen molar-refractivity contribution in [2.45, 2.75) is 32.7 Å². The van der Waals surface area contributed by atoms with E-state index in [0.29, 0.717) is 12.0 Å². The summed E-state index contributed by atoms with van der Waals surface area (Å²) in [4.78, 5) is 16.6. The second-order valence-corrected chi connectivity index (χ2v) is 6.42. The fourth-order valence-electron chi connectivity index (χ4n) is 2.32. The van der Waals surface area contributed by atoms with Crippen molar-refractivity contribution < 1.29 is 4.79 Å². The first kappa shape index (κ1) is 13.1. The third-order valence-corrected chi connectivity index (χ3v) is 5.40. The number of nitrogens with zero attached hydrogens (tertiary/aromatic N) is 1. The van der Waals surface area contributed by atoms with Gasteiger partial charge in [0.2, 0.25) is 0 Å². The van der Waals surface area contributed by atoms with Gasteiger partial charge in [-0.1, -0.05) is 29.8 Å². The molecule has 0 N–H and O–H groups in total. The van der Waals surface area contributed by atoms with E-state index in [-0.39, 0.29) is 5.91 Å². The van der Waals surface area contributed by atoms with Gasteiger partial charge in [0.25, 0.3) is 5.91 Å². The van der Waals surface area contributed by atoms with E-state index in [1.807, 2.05) is 11.0 Å². The van der Waals surface area contributed by atoms with Gasteiger partial charge in [-0.2, -0.15) is 0 Å². The molecular weight excluding hydrogens is 298 g/mol. The average Bonchev–Trinajstić information content (AvgIpc) is 2.94. The normalized spacial score (nSPS) is 24.3. The zero-order valence-electron chi connectivity index (χ0n) is 10.3. The predicted octanol–water partition coefficient (Wildman–Crippen LogP) is 3.56. The van der Waals surface area contributed by atoms with Crippen LogP contribution in [0.2, 0.25) is 0 Å². The van der Waals surface area contributed by atoms with Crippen molar-refractivity contribution in [2.75, 3.05) is 11.9 Å². The Labute approximate surface area is 115 Å². The predicted molar refractivity (Wildman–Crippen MR) is 76.1 cm³/mol. The first-order chi connectivity index (χ1) is 8.17. The quantitative estimate of drug-likeness (QED) is 0.781. The second kappa shape index (κ2) is 5.53. The maximum atomic E-state index is 12.4. The van der Waals surface area contributed by atoms with Crippen LogP contribution in [0.1, 0.15) is 34.8 Å². The van der Waals surface area contributed by atoms with E-state index in [4.69, 9.17) is 0 Å². The van der Waals surface area contributed by atoms with E-state index in [1.54, 1.807) is 11.3 Å². The van der Waals surface area contributed by atoms with Gasteiger partial charge in [-0.15, -0.1) is 11.3 Å². The molecule has 2 heterocycles. The van der Waals surface area contributed by atoms with Crippen molar-refractivity contribution in [2.24, 2.45) is 5.92 Å². The molecule has 1 amide bonds. The summed E-state index contributed by atoms with van der Waals surface area (Å²) < 4.78 is 0. The van der Waals surface area contributed by atoms with E-state index in [1.165, 1.54) is 4.88 Å². The van der Waals surface area contributed by atoms with Gasteiger partial charge in [0.1, 0.15) is 0 Å². The van der Waals surface area contributed by atoms with Crippen LogP contribution in [0.25, 0.3) is 0 Å². The average molecular weight is 316 g/mol. The number of thiophene rings is 1. The lowest BCUT2D eigenvalue weighted by molar-refractivity contribution is 0.0743. The number of carbonyl (C=O) groups excluding carboxylic acids is 1. The Morgan fingerprint density at radius 3 is 2.94 bits per heavy atom. The van der Waals surface area contributed by atoms with Crippen LogP contribution in [0.4, 0.5) is 0 Å². The number of aryl methyl sites for hydroxylation is 1. The fourth-order valence-corrected chi connectivity index (χ4v) is 4.21. The minimum absolute atomic E-state index is 0.212. The Balaban J connectivity index is 2.14. The van der Waals surface area contributed by atoms with E-state index in [0.717, 1.165) is 29.6 Å².